The Kier molecular flexibility index (Phi) is 5.39. The third-order valence-corrected chi connectivity index (χ3v) is 4.60. The van der Waals surface area contributed by atoms with Crippen molar-refractivity contribution in [2.75, 3.05) is 13.7 Å². The maximum atomic E-state index is 12.1. The molecule has 2 aromatic rings. The van der Waals surface area contributed by atoms with Gasteiger partial charge in [-0.25, -0.2) is 4.98 Å². The summed E-state index contributed by atoms with van der Waals surface area (Å²) in [6.07, 6.45) is 0. The largest absolute Gasteiger partial charge is 0.468 e. The highest BCUT2D eigenvalue weighted by Crippen LogP contribution is 2.37. The molecule has 0 bridgehead atoms. The van der Waals surface area contributed by atoms with E-state index in [1.807, 2.05) is 0 Å². The fourth-order valence-corrected chi connectivity index (χ4v) is 3.47. The number of amides is 1. The number of rotatable bonds is 4. The number of esters is 1. The first-order valence-electron chi connectivity index (χ1n) is 6.21. The van der Waals surface area contributed by atoms with Crippen LogP contribution in [0.5, 0.6) is 0 Å². The van der Waals surface area contributed by atoms with Crippen LogP contribution < -0.4 is 5.32 Å². The van der Waals surface area contributed by atoms with Crippen molar-refractivity contribution >= 4 is 46.4 Å². The van der Waals surface area contributed by atoms with E-state index >= 15 is 0 Å². The average Bonchev–Trinajstić information content (AvgIpc) is 2.85. The Bertz CT molecular complexity index is 711. The predicted molar refractivity (Wildman–Crippen MR) is 86.7 cm³/mol. The smallest absolute Gasteiger partial charge is 0.325 e. The van der Waals surface area contributed by atoms with Crippen LogP contribution in [0.1, 0.15) is 15.4 Å². The standard InChI is InChI=1S/C14H12Cl2N2O3S/c1-7-12(13(20)17-6-10(19)21-2)22-14(18-7)11-8(15)4-3-5-9(11)16/h3-5H,6H2,1-2H3,(H,17,20). The molecule has 0 aliphatic rings. The molecule has 0 unspecified atom stereocenters. The van der Waals surface area contributed by atoms with Gasteiger partial charge in [0.25, 0.3) is 5.91 Å². The molecule has 1 aromatic heterocycles. The van der Waals surface area contributed by atoms with Crippen molar-refractivity contribution in [2.45, 2.75) is 6.92 Å². The minimum Gasteiger partial charge on any atom is -0.468 e. The Balaban J connectivity index is 2.28. The number of halogens is 2. The van der Waals surface area contributed by atoms with Gasteiger partial charge in [-0.3, -0.25) is 9.59 Å². The SMILES string of the molecule is COC(=O)CNC(=O)c1sc(-c2c(Cl)cccc2Cl)nc1C. The van der Waals surface area contributed by atoms with Crippen molar-refractivity contribution in [1.82, 2.24) is 10.3 Å². The van der Waals surface area contributed by atoms with Gasteiger partial charge in [-0.05, 0) is 19.1 Å². The van der Waals surface area contributed by atoms with E-state index < -0.39 is 11.9 Å². The van der Waals surface area contributed by atoms with Gasteiger partial charge in [-0.1, -0.05) is 29.3 Å². The summed E-state index contributed by atoms with van der Waals surface area (Å²) in [5.41, 5.74) is 1.13. The van der Waals surface area contributed by atoms with Gasteiger partial charge in [0.2, 0.25) is 0 Å². The molecule has 0 atom stereocenters. The van der Waals surface area contributed by atoms with Crippen molar-refractivity contribution in [3.05, 3.63) is 38.8 Å². The molecular formula is C14H12Cl2N2O3S. The quantitative estimate of drug-likeness (QED) is 0.851. The second-order valence-corrected chi connectivity index (χ2v) is 6.10. The molecule has 0 radical (unpaired) electrons. The Morgan fingerprint density at radius 3 is 2.55 bits per heavy atom. The molecule has 1 amide bonds. The molecule has 0 aliphatic carbocycles. The maximum Gasteiger partial charge on any atom is 0.325 e. The summed E-state index contributed by atoms with van der Waals surface area (Å²) in [5, 5.41) is 3.95. The van der Waals surface area contributed by atoms with Crippen molar-refractivity contribution < 1.29 is 14.3 Å². The number of hydrogen-bond acceptors (Lipinski definition) is 5. The number of nitrogens with zero attached hydrogens (tertiary/aromatic N) is 1. The maximum absolute atomic E-state index is 12.1. The Hall–Kier alpha value is -1.63. The molecule has 2 rings (SSSR count). The third-order valence-electron chi connectivity index (χ3n) is 2.80. The number of benzene rings is 1. The molecule has 22 heavy (non-hydrogen) atoms. The second kappa shape index (κ2) is 7.09. The number of thiazole rings is 1. The number of carbonyl (C=O) groups excluding carboxylic acids is 2. The van der Waals surface area contributed by atoms with Crippen molar-refractivity contribution in [3.63, 3.8) is 0 Å². The normalized spacial score (nSPS) is 10.4. The van der Waals surface area contributed by atoms with E-state index in [1.54, 1.807) is 25.1 Å². The minimum absolute atomic E-state index is 0.200. The summed E-state index contributed by atoms with van der Waals surface area (Å²) in [4.78, 5) is 27.9. The van der Waals surface area contributed by atoms with Crippen LogP contribution in [-0.4, -0.2) is 30.5 Å². The van der Waals surface area contributed by atoms with Gasteiger partial charge in [0.1, 0.15) is 16.4 Å². The van der Waals surface area contributed by atoms with Gasteiger partial charge in [0, 0.05) is 5.56 Å². The fourth-order valence-electron chi connectivity index (χ4n) is 1.72. The Labute approximate surface area is 141 Å². The van der Waals surface area contributed by atoms with E-state index in [1.165, 1.54) is 7.11 Å². The first-order chi connectivity index (χ1) is 10.4. The lowest BCUT2D eigenvalue weighted by atomic mass is 10.2. The highest BCUT2D eigenvalue weighted by molar-refractivity contribution is 7.17. The number of methoxy groups -OCH3 is 1. The van der Waals surface area contributed by atoms with Gasteiger partial charge in [0.15, 0.2) is 0 Å². The van der Waals surface area contributed by atoms with Crippen LogP contribution in [0.3, 0.4) is 0 Å². The Morgan fingerprint density at radius 1 is 1.32 bits per heavy atom. The summed E-state index contributed by atoms with van der Waals surface area (Å²) in [6.45, 7) is 1.51. The number of hydrogen-bond donors (Lipinski definition) is 1. The van der Waals surface area contributed by atoms with Crippen LogP contribution >= 0.6 is 34.5 Å². The van der Waals surface area contributed by atoms with E-state index in [2.05, 4.69) is 15.0 Å². The second-order valence-electron chi connectivity index (χ2n) is 4.29. The first-order valence-corrected chi connectivity index (χ1v) is 7.78. The molecule has 0 aliphatic heterocycles. The molecule has 0 spiro atoms. The summed E-state index contributed by atoms with van der Waals surface area (Å²) >= 11 is 13.5. The highest BCUT2D eigenvalue weighted by Gasteiger charge is 2.19. The lowest BCUT2D eigenvalue weighted by Crippen LogP contribution is -2.29. The summed E-state index contributed by atoms with van der Waals surface area (Å²) in [7, 11) is 1.25. The highest BCUT2D eigenvalue weighted by atomic mass is 35.5. The summed E-state index contributed by atoms with van der Waals surface area (Å²) in [5.74, 6) is -0.917. The van der Waals surface area contributed by atoms with Gasteiger partial charge in [-0.2, -0.15) is 0 Å². The number of aromatic nitrogens is 1. The van der Waals surface area contributed by atoms with Crippen LogP contribution in [0, 0.1) is 6.92 Å². The molecule has 5 nitrogen and oxygen atoms in total. The molecule has 1 aromatic carbocycles. The van der Waals surface area contributed by atoms with Crippen LogP contribution in [0.4, 0.5) is 0 Å². The molecule has 8 heteroatoms. The lowest BCUT2D eigenvalue weighted by molar-refractivity contribution is -0.139. The molecule has 0 fully saturated rings. The molecular weight excluding hydrogens is 347 g/mol. The van der Waals surface area contributed by atoms with Crippen LogP contribution in [0.2, 0.25) is 10.0 Å². The number of nitrogens with one attached hydrogen (secondary N) is 1. The minimum atomic E-state index is -0.523. The molecule has 116 valence electrons. The van der Waals surface area contributed by atoms with Gasteiger partial charge in [0.05, 0.1) is 22.8 Å². The third kappa shape index (κ3) is 3.58. The predicted octanol–water partition coefficient (Wildman–Crippen LogP) is 3.33. The van der Waals surface area contributed by atoms with Gasteiger partial charge >= 0.3 is 5.97 Å². The summed E-state index contributed by atoms with van der Waals surface area (Å²) < 4.78 is 4.47. The fraction of sp³-hybridized carbons (Fsp3) is 0.214. The Morgan fingerprint density at radius 2 is 1.95 bits per heavy atom. The number of ether oxygens (including phenoxy) is 1. The average molecular weight is 359 g/mol. The number of carbonyl (C=O) groups is 2. The molecule has 1 N–H and O–H groups in total. The first kappa shape index (κ1) is 16.7. The van der Waals surface area contributed by atoms with Gasteiger partial charge in [-0.15, -0.1) is 11.3 Å². The number of aryl methyl sites for hydroxylation is 1. The summed E-state index contributed by atoms with van der Waals surface area (Å²) in [6, 6.07) is 5.14. The van der Waals surface area contributed by atoms with E-state index in [0.29, 0.717) is 31.2 Å². The zero-order chi connectivity index (χ0) is 16.3. The van der Waals surface area contributed by atoms with Crippen LogP contribution in [0.25, 0.3) is 10.6 Å². The molecule has 0 saturated carbocycles. The van der Waals surface area contributed by atoms with Crippen molar-refractivity contribution in [3.8, 4) is 10.6 Å². The zero-order valence-corrected chi connectivity index (χ0v) is 14.1. The van der Waals surface area contributed by atoms with E-state index in [0.717, 1.165) is 11.3 Å². The van der Waals surface area contributed by atoms with E-state index in [-0.39, 0.29) is 6.54 Å². The molecule has 0 saturated heterocycles. The lowest BCUT2D eigenvalue weighted by Gasteiger charge is -2.02. The van der Waals surface area contributed by atoms with E-state index in [9.17, 15) is 9.59 Å². The molecule has 1 heterocycles. The van der Waals surface area contributed by atoms with Crippen LogP contribution in [0.15, 0.2) is 18.2 Å². The van der Waals surface area contributed by atoms with Gasteiger partial charge < -0.3 is 10.1 Å². The zero-order valence-electron chi connectivity index (χ0n) is 11.8. The topological polar surface area (TPSA) is 68.3 Å². The monoisotopic (exact) mass is 358 g/mol. The van der Waals surface area contributed by atoms with Crippen LogP contribution in [-0.2, 0) is 9.53 Å². The van der Waals surface area contributed by atoms with Crippen molar-refractivity contribution in [1.29, 1.82) is 0 Å². The van der Waals surface area contributed by atoms with Crippen molar-refractivity contribution in [2.24, 2.45) is 0 Å². The van der Waals surface area contributed by atoms with E-state index in [4.69, 9.17) is 23.2 Å².